The molecule has 1 aromatic heterocycles. The lowest BCUT2D eigenvalue weighted by atomic mass is 10.0. The maximum Gasteiger partial charge on any atom is 0.151 e. The molecule has 0 atom stereocenters. The summed E-state index contributed by atoms with van der Waals surface area (Å²) in [6, 6.07) is 8.31. The fraction of sp³-hybridized carbons (Fsp3) is 0.333. The van der Waals surface area contributed by atoms with Crippen molar-refractivity contribution in [2.45, 2.75) is 19.8 Å². The molecule has 4 nitrogen and oxygen atoms in total. The number of nitrogens with zero attached hydrogens (tertiary/aromatic N) is 2. The highest BCUT2D eigenvalue weighted by Gasteiger charge is 2.12. The summed E-state index contributed by atoms with van der Waals surface area (Å²) in [5.41, 5.74) is 4.37. The lowest BCUT2D eigenvalue weighted by Gasteiger charge is -2.17. The standard InChI is InChI=1S/C15H17N3O/c1-10-8-13(17-18-15(10)16-2)11-5-6-14-12(9-11)4-3-7-19-14/h5-6,8-9H,3-4,7H2,1-2H3,(H,16,18). The molecule has 0 aliphatic carbocycles. The molecule has 98 valence electrons. The van der Waals surface area contributed by atoms with E-state index in [4.69, 9.17) is 4.74 Å². The molecule has 0 bridgehead atoms. The summed E-state index contributed by atoms with van der Waals surface area (Å²) in [5.74, 6) is 1.83. The normalized spacial score (nSPS) is 13.6. The quantitative estimate of drug-likeness (QED) is 0.896. The number of hydrogen-bond donors (Lipinski definition) is 1. The predicted molar refractivity (Wildman–Crippen MR) is 75.6 cm³/mol. The van der Waals surface area contributed by atoms with E-state index in [-0.39, 0.29) is 0 Å². The Bertz CT molecular complexity index is 610. The number of nitrogens with one attached hydrogen (secondary N) is 1. The van der Waals surface area contributed by atoms with Crippen molar-refractivity contribution in [3.05, 3.63) is 35.4 Å². The largest absolute Gasteiger partial charge is 0.493 e. The van der Waals surface area contributed by atoms with E-state index < -0.39 is 0 Å². The number of aromatic nitrogens is 2. The number of rotatable bonds is 2. The monoisotopic (exact) mass is 255 g/mol. The van der Waals surface area contributed by atoms with E-state index in [1.165, 1.54) is 5.56 Å². The first-order valence-corrected chi connectivity index (χ1v) is 6.56. The summed E-state index contributed by atoms with van der Waals surface area (Å²) in [6.45, 7) is 2.85. The van der Waals surface area contributed by atoms with Crippen LogP contribution in [0, 0.1) is 6.92 Å². The Hall–Kier alpha value is -2.10. The van der Waals surface area contributed by atoms with Crippen molar-refractivity contribution in [1.82, 2.24) is 10.2 Å². The summed E-state index contributed by atoms with van der Waals surface area (Å²) in [6.07, 6.45) is 2.16. The van der Waals surface area contributed by atoms with Gasteiger partial charge in [0.2, 0.25) is 0 Å². The highest BCUT2D eigenvalue weighted by atomic mass is 16.5. The van der Waals surface area contributed by atoms with Gasteiger partial charge in [-0.25, -0.2) is 0 Å². The lowest BCUT2D eigenvalue weighted by Crippen LogP contribution is -2.08. The van der Waals surface area contributed by atoms with Gasteiger partial charge < -0.3 is 10.1 Å². The molecule has 0 saturated carbocycles. The summed E-state index contributed by atoms with van der Waals surface area (Å²) >= 11 is 0. The van der Waals surface area contributed by atoms with E-state index >= 15 is 0 Å². The van der Waals surface area contributed by atoms with Crippen molar-refractivity contribution >= 4 is 5.82 Å². The number of fused-ring (bicyclic) bond motifs is 1. The van der Waals surface area contributed by atoms with Gasteiger partial charge in [0.15, 0.2) is 5.82 Å². The van der Waals surface area contributed by atoms with E-state index in [0.29, 0.717) is 0 Å². The minimum absolute atomic E-state index is 0.822. The Morgan fingerprint density at radius 3 is 2.89 bits per heavy atom. The first kappa shape index (κ1) is 12.0. The SMILES string of the molecule is CNc1nnc(-c2ccc3c(c2)CCCO3)cc1C. The Labute approximate surface area is 112 Å². The maximum atomic E-state index is 5.63. The molecule has 1 aliphatic rings. The fourth-order valence-electron chi connectivity index (χ4n) is 2.39. The van der Waals surface area contributed by atoms with Crippen LogP contribution in [0.15, 0.2) is 24.3 Å². The molecule has 1 N–H and O–H groups in total. The summed E-state index contributed by atoms with van der Waals surface area (Å²) in [4.78, 5) is 0. The zero-order valence-corrected chi connectivity index (χ0v) is 11.2. The third kappa shape index (κ3) is 2.26. The first-order valence-electron chi connectivity index (χ1n) is 6.56. The summed E-state index contributed by atoms with van der Waals surface area (Å²) < 4.78 is 5.63. The van der Waals surface area contributed by atoms with Gasteiger partial charge in [0.25, 0.3) is 0 Å². The van der Waals surface area contributed by atoms with Gasteiger partial charge in [0.1, 0.15) is 5.75 Å². The van der Waals surface area contributed by atoms with Crippen LogP contribution in [0.5, 0.6) is 5.75 Å². The number of ether oxygens (including phenoxy) is 1. The number of hydrogen-bond acceptors (Lipinski definition) is 4. The Balaban J connectivity index is 2.00. The lowest BCUT2D eigenvalue weighted by molar-refractivity contribution is 0.288. The van der Waals surface area contributed by atoms with Crippen molar-refractivity contribution in [2.75, 3.05) is 19.0 Å². The molecule has 0 spiro atoms. The van der Waals surface area contributed by atoms with E-state index in [9.17, 15) is 0 Å². The molecule has 1 aliphatic heterocycles. The number of benzene rings is 1. The van der Waals surface area contributed by atoms with Gasteiger partial charge in [-0.1, -0.05) is 0 Å². The van der Waals surface area contributed by atoms with Crippen molar-refractivity contribution in [2.24, 2.45) is 0 Å². The topological polar surface area (TPSA) is 47.0 Å². The number of aryl methyl sites for hydroxylation is 2. The van der Waals surface area contributed by atoms with Gasteiger partial charge in [-0.05, 0) is 55.2 Å². The molecular formula is C15H17N3O. The van der Waals surface area contributed by atoms with Crippen molar-refractivity contribution < 1.29 is 4.74 Å². The molecule has 0 saturated heterocycles. The van der Waals surface area contributed by atoms with Crippen LogP contribution in [0.4, 0.5) is 5.82 Å². The molecule has 0 unspecified atom stereocenters. The average molecular weight is 255 g/mol. The zero-order chi connectivity index (χ0) is 13.2. The van der Waals surface area contributed by atoms with Gasteiger partial charge in [-0.2, -0.15) is 0 Å². The van der Waals surface area contributed by atoms with Crippen LogP contribution in [0.2, 0.25) is 0 Å². The molecule has 4 heteroatoms. The summed E-state index contributed by atoms with van der Waals surface area (Å²) in [5, 5.41) is 11.5. The van der Waals surface area contributed by atoms with Crippen molar-refractivity contribution in [3.63, 3.8) is 0 Å². The second-order valence-electron chi connectivity index (χ2n) is 4.79. The van der Waals surface area contributed by atoms with Gasteiger partial charge in [0, 0.05) is 12.6 Å². The van der Waals surface area contributed by atoms with Crippen LogP contribution in [0.3, 0.4) is 0 Å². The van der Waals surface area contributed by atoms with Crippen LogP contribution in [0.25, 0.3) is 11.3 Å². The summed E-state index contributed by atoms with van der Waals surface area (Å²) in [7, 11) is 1.85. The Morgan fingerprint density at radius 2 is 2.11 bits per heavy atom. The third-order valence-electron chi connectivity index (χ3n) is 3.43. The van der Waals surface area contributed by atoms with Crippen LogP contribution in [0.1, 0.15) is 17.5 Å². The Morgan fingerprint density at radius 1 is 1.21 bits per heavy atom. The zero-order valence-electron chi connectivity index (χ0n) is 11.2. The smallest absolute Gasteiger partial charge is 0.151 e. The van der Waals surface area contributed by atoms with E-state index in [1.54, 1.807) is 0 Å². The first-order chi connectivity index (χ1) is 9.28. The highest BCUT2D eigenvalue weighted by molar-refractivity contribution is 5.64. The molecule has 0 amide bonds. The van der Waals surface area contributed by atoms with Gasteiger partial charge in [0.05, 0.1) is 12.3 Å². The van der Waals surface area contributed by atoms with Crippen molar-refractivity contribution in [3.8, 4) is 17.0 Å². The number of anilines is 1. The molecule has 0 fully saturated rings. The molecule has 19 heavy (non-hydrogen) atoms. The molecule has 2 heterocycles. The van der Waals surface area contributed by atoms with E-state index in [1.807, 2.05) is 26.1 Å². The third-order valence-corrected chi connectivity index (χ3v) is 3.43. The molecule has 0 radical (unpaired) electrons. The molecular weight excluding hydrogens is 238 g/mol. The minimum Gasteiger partial charge on any atom is -0.493 e. The maximum absolute atomic E-state index is 5.63. The highest BCUT2D eigenvalue weighted by Crippen LogP contribution is 2.29. The minimum atomic E-state index is 0.822. The second-order valence-corrected chi connectivity index (χ2v) is 4.79. The second kappa shape index (κ2) is 4.88. The average Bonchev–Trinajstić information content (AvgIpc) is 2.46. The molecule has 2 aromatic rings. The van der Waals surface area contributed by atoms with Crippen LogP contribution >= 0.6 is 0 Å². The molecule has 1 aromatic carbocycles. The van der Waals surface area contributed by atoms with E-state index in [2.05, 4.69) is 27.6 Å². The van der Waals surface area contributed by atoms with Gasteiger partial charge in [-0.3, -0.25) is 0 Å². The molecule has 3 rings (SSSR count). The predicted octanol–water partition coefficient (Wildman–Crippen LogP) is 2.82. The van der Waals surface area contributed by atoms with Gasteiger partial charge in [-0.15, -0.1) is 10.2 Å². The fourth-order valence-corrected chi connectivity index (χ4v) is 2.39. The van der Waals surface area contributed by atoms with Crippen LogP contribution < -0.4 is 10.1 Å². The van der Waals surface area contributed by atoms with Crippen LogP contribution in [-0.4, -0.2) is 23.9 Å². The van der Waals surface area contributed by atoms with Crippen molar-refractivity contribution in [1.29, 1.82) is 0 Å². The van der Waals surface area contributed by atoms with E-state index in [0.717, 1.165) is 47.8 Å². The Kier molecular flexibility index (Phi) is 3.07. The van der Waals surface area contributed by atoms with Gasteiger partial charge >= 0.3 is 0 Å². The van der Waals surface area contributed by atoms with Crippen LogP contribution in [-0.2, 0) is 6.42 Å².